The van der Waals surface area contributed by atoms with Gasteiger partial charge in [0.05, 0.1) is 11.5 Å². The summed E-state index contributed by atoms with van der Waals surface area (Å²) in [6.07, 6.45) is 0.848. The summed E-state index contributed by atoms with van der Waals surface area (Å²) in [6.45, 7) is 3.59. The first-order valence-corrected chi connectivity index (χ1v) is 8.49. The Balaban J connectivity index is 1.81. The van der Waals surface area contributed by atoms with Crippen LogP contribution in [0.15, 0.2) is 36.7 Å². The first kappa shape index (κ1) is 18.4. The van der Waals surface area contributed by atoms with Crippen LogP contribution in [0.1, 0.15) is 6.92 Å². The third-order valence-electron chi connectivity index (χ3n) is 4.01. The molecule has 0 aliphatic carbocycles. The average molecular weight is 373 g/mol. The zero-order chi connectivity index (χ0) is 19.2. The molecule has 0 radical (unpaired) electrons. The molecule has 27 heavy (non-hydrogen) atoms. The lowest BCUT2D eigenvalue weighted by molar-refractivity contribution is -0.385. The van der Waals surface area contributed by atoms with E-state index < -0.39 is 4.92 Å². The number of para-hydroxylation sites is 1. The molecule has 10 nitrogen and oxygen atoms in total. The van der Waals surface area contributed by atoms with Crippen molar-refractivity contribution in [1.82, 2.24) is 14.9 Å². The molecule has 1 aliphatic heterocycles. The van der Waals surface area contributed by atoms with E-state index in [9.17, 15) is 14.9 Å². The van der Waals surface area contributed by atoms with E-state index in [1.165, 1.54) is 6.33 Å². The highest BCUT2D eigenvalue weighted by Gasteiger charge is 2.31. The lowest BCUT2D eigenvalue weighted by Gasteiger charge is -2.34. The maximum atomic E-state index is 11.8. The van der Waals surface area contributed by atoms with Gasteiger partial charge in [-0.25, -0.2) is 9.78 Å². The molecule has 0 saturated carbocycles. The highest BCUT2D eigenvalue weighted by molar-refractivity contribution is 5.69. The van der Waals surface area contributed by atoms with Gasteiger partial charge in [0.25, 0.3) is 0 Å². The van der Waals surface area contributed by atoms with Gasteiger partial charge in [-0.3, -0.25) is 10.1 Å². The summed E-state index contributed by atoms with van der Waals surface area (Å²) in [5.74, 6) is 0.492. The maximum absolute atomic E-state index is 11.8. The minimum absolute atomic E-state index is 0.121. The van der Waals surface area contributed by atoms with E-state index in [0.717, 1.165) is 0 Å². The Bertz CT molecular complexity index is 809. The van der Waals surface area contributed by atoms with E-state index in [0.29, 0.717) is 38.5 Å². The van der Waals surface area contributed by atoms with Gasteiger partial charge < -0.3 is 19.3 Å². The van der Waals surface area contributed by atoms with Gasteiger partial charge >= 0.3 is 17.7 Å². The number of nitro groups is 1. The molecule has 1 aliphatic rings. The van der Waals surface area contributed by atoms with Crippen LogP contribution in [-0.2, 0) is 4.74 Å². The summed E-state index contributed by atoms with van der Waals surface area (Å²) < 4.78 is 10.6. The minimum atomic E-state index is -0.550. The van der Waals surface area contributed by atoms with Crippen molar-refractivity contribution < 1.29 is 19.2 Å². The maximum Gasteiger partial charge on any atom is 0.409 e. The Kier molecular flexibility index (Phi) is 5.64. The molecule has 142 valence electrons. The van der Waals surface area contributed by atoms with Gasteiger partial charge in [-0.05, 0) is 19.1 Å². The molecule has 2 aromatic rings. The molecule has 1 aromatic heterocycles. The molecule has 0 unspecified atom stereocenters. The van der Waals surface area contributed by atoms with Gasteiger partial charge in [-0.15, -0.1) is 0 Å². The third kappa shape index (κ3) is 4.22. The Morgan fingerprint density at radius 2 is 1.89 bits per heavy atom. The van der Waals surface area contributed by atoms with Crippen LogP contribution in [0.3, 0.4) is 0 Å². The molecule has 1 aromatic carbocycles. The molecule has 10 heteroatoms. The van der Waals surface area contributed by atoms with E-state index in [1.54, 1.807) is 41.0 Å². The van der Waals surface area contributed by atoms with E-state index in [-0.39, 0.29) is 23.5 Å². The van der Waals surface area contributed by atoms with Crippen LogP contribution in [-0.4, -0.2) is 58.7 Å². The molecule has 1 fully saturated rings. The second-order valence-corrected chi connectivity index (χ2v) is 5.70. The number of amides is 1. The molecule has 0 spiro atoms. The van der Waals surface area contributed by atoms with Crippen molar-refractivity contribution in [3.63, 3.8) is 0 Å². The molecule has 0 bridgehead atoms. The standard InChI is InChI=1S/C17H19N5O5/c1-2-26-17(23)21-10-8-20(9-11-21)15-14(22(24)25)16(19-12-18-15)27-13-6-4-3-5-7-13/h3-7,12H,2,8-11H2,1H3. The van der Waals surface area contributed by atoms with Crippen molar-refractivity contribution in [2.75, 3.05) is 37.7 Å². The number of anilines is 1. The van der Waals surface area contributed by atoms with Gasteiger partial charge in [0.1, 0.15) is 12.1 Å². The van der Waals surface area contributed by atoms with Crippen molar-refractivity contribution in [2.24, 2.45) is 0 Å². The molecule has 1 saturated heterocycles. The molecule has 0 atom stereocenters. The Morgan fingerprint density at radius 1 is 1.19 bits per heavy atom. The fourth-order valence-electron chi connectivity index (χ4n) is 2.74. The first-order chi connectivity index (χ1) is 13.1. The van der Waals surface area contributed by atoms with E-state index in [2.05, 4.69) is 9.97 Å². The Morgan fingerprint density at radius 3 is 2.52 bits per heavy atom. The lowest BCUT2D eigenvalue weighted by atomic mass is 10.3. The minimum Gasteiger partial charge on any atom is -0.450 e. The summed E-state index contributed by atoms with van der Waals surface area (Å²) in [5.41, 5.74) is -0.300. The van der Waals surface area contributed by atoms with E-state index in [1.807, 2.05) is 6.07 Å². The number of ether oxygens (including phenoxy) is 2. The quantitative estimate of drug-likeness (QED) is 0.580. The van der Waals surface area contributed by atoms with Gasteiger partial charge in [-0.2, -0.15) is 4.98 Å². The second kappa shape index (κ2) is 8.30. The summed E-state index contributed by atoms with van der Waals surface area (Å²) in [6, 6.07) is 8.71. The summed E-state index contributed by atoms with van der Waals surface area (Å²) in [4.78, 5) is 34.3. The van der Waals surface area contributed by atoms with Crippen LogP contribution >= 0.6 is 0 Å². The van der Waals surface area contributed by atoms with E-state index >= 15 is 0 Å². The van der Waals surface area contributed by atoms with Gasteiger partial charge in [0, 0.05) is 26.2 Å². The van der Waals surface area contributed by atoms with Crippen molar-refractivity contribution in [1.29, 1.82) is 0 Å². The van der Waals surface area contributed by atoms with Crippen molar-refractivity contribution in [2.45, 2.75) is 6.92 Å². The zero-order valence-corrected chi connectivity index (χ0v) is 14.8. The highest BCUT2D eigenvalue weighted by atomic mass is 16.6. The molecule has 2 heterocycles. The number of hydrogen-bond acceptors (Lipinski definition) is 8. The molecular weight excluding hydrogens is 354 g/mol. The number of carbonyl (C=O) groups excluding carboxylic acids is 1. The molecule has 3 rings (SSSR count). The van der Waals surface area contributed by atoms with Crippen molar-refractivity contribution in [3.8, 4) is 11.6 Å². The van der Waals surface area contributed by atoms with Crippen molar-refractivity contribution in [3.05, 3.63) is 46.8 Å². The molecule has 1 amide bonds. The van der Waals surface area contributed by atoms with Gasteiger partial charge in [-0.1, -0.05) is 18.2 Å². The highest BCUT2D eigenvalue weighted by Crippen LogP contribution is 2.36. The summed E-state index contributed by atoms with van der Waals surface area (Å²) in [7, 11) is 0. The lowest BCUT2D eigenvalue weighted by Crippen LogP contribution is -2.49. The average Bonchev–Trinajstić information content (AvgIpc) is 2.69. The smallest absolute Gasteiger partial charge is 0.409 e. The Hall–Kier alpha value is -3.43. The topological polar surface area (TPSA) is 111 Å². The predicted octanol–water partition coefficient (Wildman–Crippen LogP) is 2.46. The third-order valence-corrected chi connectivity index (χ3v) is 4.01. The number of hydrogen-bond donors (Lipinski definition) is 0. The SMILES string of the molecule is CCOC(=O)N1CCN(c2ncnc(Oc3ccccc3)c2[N+](=O)[O-])CC1. The van der Waals surface area contributed by atoms with Crippen LogP contribution in [0, 0.1) is 10.1 Å². The molecular formula is C17H19N5O5. The largest absolute Gasteiger partial charge is 0.450 e. The molecule has 0 N–H and O–H groups in total. The van der Waals surface area contributed by atoms with Gasteiger partial charge in [0.15, 0.2) is 0 Å². The van der Waals surface area contributed by atoms with Crippen LogP contribution in [0.25, 0.3) is 0 Å². The summed E-state index contributed by atoms with van der Waals surface area (Å²) >= 11 is 0. The van der Waals surface area contributed by atoms with E-state index in [4.69, 9.17) is 9.47 Å². The van der Waals surface area contributed by atoms with Crippen LogP contribution in [0.2, 0.25) is 0 Å². The van der Waals surface area contributed by atoms with Crippen LogP contribution < -0.4 is 9.64 Å². The van der Waals surface area contributed by atoms with Gasteiger partial charge in [0.2, 0.25) is 5.82 Å². The fourth-order valence-corrected chi connectivity index (χ4v) is 2.74. The summed E-state index contributed by atoms with van der Waals surface area (Å²) in [5, 5.41) is 11.7. The first-order valence-electron chi connectivity index (χ1n) is 8.49. The number of benzene rings is 1. The fraction of sp³-hybridized carbons (Fsp3) is 0.353. The van der Waals surface area contributed by atoms with Crippen molar-refractivity contribution >= 4 is 17.6 Å². The monoisotopic (exact) mass is 373 g/mol. The number of piperazine rings is 1. The Labute approximate surface area is 155 Å². The number of nitrogens with zero attached hydrogens (tertiary/aromatic N) is 5. The zero-order valence-electron chi connectivity index (χ0n) is 14.8. The predicted molar refractivity (Wildman–Crippen MR) is 96.0 cm³/mol. The number of rotatable bonds is 5. The van der Waals surface area contributed by atoms with Crippen LogP contribution in [0.4, 0.5) is 16.3 Å². The second-order valence-electron chi connectivity index (χ2n) is 5.70. The number of carbonyl (C=O) groups is 1. The number of aromatic nitrogens is 2. The normalized spacial score (nSPS) is 14.0. The van der Waals surface area contributed by atoms with Crippen LogP contribution in [0.5, 0.6) is 11.6 Å².